The van der Waals surface area contributed by atoms with E-state index in [1.54, 1.807) is 43.3 Å². The van der Waals surface area contributed by atoms with E-state index in [2.05, 4.69) is 15.9 Å². The zero-order valence-corrected chi connectivity index (χ0v) is 26.3. The van der Waals surface area contributed by atoms with Gasteiger partial charge in [-0.25, -0.2) is 0 Å². The van der Waals surface area contributed by atoms with Crippen LogP contribution in [0.1, 0.15) is 48.5 Å². The highest BCUT2D eigenvalue weighted by atomic mass is 79.9. The second-order valence-electron chi connectivity index (χ2n) is 11.3. The molecule has 6 atom stereocenters. The second kappa shape index (κ2) is 10.5. The largest absolute Gasteiger partial charge is 0.504 e. The summed E-state index contributed by atoms with van der Waals surface area (Å²) in [6, 6.07) is 10.8. The number of phenols is 1. The van der Waals surface area contributed by atoms with Crippen LogP contribution in [0.2, 0.25) is 0 Å². The molecule has 0 bridgehead atoms. The van der Waals surface area contributed by atoms with Crippen LogP contribution in [0.15, 0.2) is 54.1 Å². The highest BCUT2D eigenvalue weighted by molar-refractivity contribution is 9.09. The number of hydrogen-bond donors (Lipinski definition) is 1. The monoisotopic (exact) mass is 688 g/mol. The number of nitrogens with zero attached hydrogens (tertiary/aromatic N) is 2. The van der Waals surface area contributed by atoms with E-state index in [0.29, 0.717) is 22.4 Å². The number of halogens is 3. The van der Waals surface area contributed by atoms with Gasteiger partial charge >= 0.3 is 0 Å². The van der Waals surface area contributed by atoms with Gasteiger partial charge in [0, 0.05) is 11.5 Å². The number of amides is 4. The van der Waals surface area contributed by atoms with E-state index in [1.165, 1.54) is 13.0 Å². The fourth-order valence-corrected chi connectivity index (χ4v) is 8.63. The third kappa shape index (κ3) is 4.05. The Kier molecular flexibility index (Phi) is 7.26. The maximum Gasteiger partial charge on any atom is 0.254 e. The fourth-order valence-electron chi connectivity index (χ4n) is 7.21. The van der Waals surface area contributed by atoms with Crippen LogP contribution >= 0.6 is 39.1 Å². The summed E-state index contributed by atoms with van der Waals surface area (Å²) in [5.74, 6) is -5.53. The smallest absolute Gasteiger partial charge is 0.254 e. The molecule has 0 radical (unpaired) electrons. The van der Waals surface area contributed by atoms with Crippen LogP contribution in [0, 0.1) is 17.8 Å². The molecule has 4 amide bonds. The third-order valence-corrected chi connectivity index (χ3v) is 11.1. The minimum absolute atomic E-state index is 0.115. The maximum atomic E-state index is 14.1. The predicted octanol–water partition coefficient (Wildman–Crippen LogP) is 4.91. The number of benzene rings is 2. The number of hydrogen-bond acceptors (Lipinski definition) is 7. The molecule has 0 aromatic heterocycles. The average Bonchev–Trinajstić information content (AvgIpc) is 3.32. The molecule has 2 heterocycles. The lowest BCUT2D eigenvalue weighted by atomic mass is 9.56. The number of ketones is 1. The van der Waals surface area contributed by atoms with E-state index in [9.17, 15) is 29.1 Å². The summed E-state index contributed by atoms with van der Waals surface area (Å²) in [5.41, 5.74) is 1.77. The minimum atomic E-state index is -1.96. The summed E-state index contributed by atoms with van der Waals surface area (Å²) in [4.78, 5) is 65.5. The van der Waals surface area contributed by atoms with Gasteiger partial charge in [-0.2, -0.15) is 0 Å². The zero-order valence-electron chi connectivity index (χ0n) is 23.2. The Hall–Kier alpha value is -3.21. The highest BCUT2D eigenvalue weighted by Crippen LogP contribution is 2.65. The van der Waals surface area contributed by atoms with E-state index in [0.717, 1.165) is 9.80 Å². The predicted molar refractivity (Wildman–Crippen MR) is 162 cm³/mol. The van der Waals surface area contributed by atoms with Gasteiger partial charge in [0.15, 0.2) is 27.0 Å². The van der Waals surface area contributed by atoms with Gasteiger partial charge in [-0.1, -0.05) is 33.6 Å². The molecule has 2 aliphatic carbocycles. The van der Waals surface area contributed by atoms with Crippen LogP contribution in [0.4, 0.5) is 5.69 Å². The number of aromatic hydroxyl groups is 1. The van der Waals surface area contributed by atoms with Crippen molar-refractivity contribution in [1.29, 1.82) is 0 Å². The number of carbonyl (C=O) groups excluding carboxylic acids is 5. The number of Topliss-reactive ketones (excluding diaryl/α,β-unsaturated/α-hetero) is 1. The summed E-state index contributed by atoms with van der Waals surface area (Å²) < 4.78 is 5.61. The van der Waals surface area contributed by atoms with Crippen LogP contribution in [0.3, 0.4) is 0 Å². The number of fused-ring (bicyclic) bond motifs is 4. The quantitative estimate of drug-likeness (QED) is 0.150. The van der Waals surface area contributed by atoms with E-state index < -0.39 is 51.1 Å². The number of ether oxygens (including phenoxy) is 1. The van der Waals surface area contributed by atoms with Crippen molar-refractivity contribution in [2.45, 2.75) is 42.4 Å². The summed E-state index contributed by atoms with van der Waals surface area (Å²) in [6.07, 6.45) is 1.91. The molecule has 2 aromatic rings. The molecule has 4 aliphatic rings. The Labute approximate surface area is 265 Å². The number of likely N-dealkylation sites (tertiary alicyclic amines) is 1. The maximum absolute atomic E-state index is 14.1. The minimum Gasteiger partial charge on any atom is -0.504 e. The van der Waals surface area contributed by atoms with Gasteiger partial charge in [-0.05, 0) is 74.6 Å². The van der Waals surface area contributed by atoms with Crippen molar-refractivity contribution < 1.29 is 33.8 Å². The van der Waals surface area contributed by atoms with Crippen molar-refractivity contribution in [1.82, 2.24) is 4.90 Å². The fraction of sp³-hybridized carbons (Fsp3) is 0.387. The molecule has 1 N–H and O–H groups in total. The molecular weight excluding hydrogens is 663 g/mol. The molecule has 12 heteroatoms. The van der Waals surface area contributed by atoms with Gasteiger partial charge in [0.2, 0.25) is 11.8 Å². The first-order chi connectivity index (χ1) is 20.4. The number of allylic oxidation sites excluding steroid dienone is 2. The van der Waals surface area contributed by atoms with Crippen LogP contribution in [-0.2, 0) is 19.2 Å². The van der Waals surface area contributed by atoms with Gasteiger partial charge in [0.25, 0.3) is 11.8 Å². The number of carbonyl (C=O) groups is 5. The van der Waals surface area contributed by atoms with Crippen LogP contribution in [0.25, 0.3) is 0 Å². The Morgan fingerprint density at radius 2 is 1.74 bits per heavy atom. The van der Waals surface area contributed by atoms with Gasteiger partial charge in [-0.15, -0.1) is 23.2 Å². The average molecular weight is 690 g/mol. The van der Waals surface area contributed by atoms with Crippen molar-refractivity contribution in [3.63, 3.8) is 0 Å². The molecule has 2 aromatic carbocycles. The second-order valence-corrected chi connectivity index (χ2v) is 13.0. The van der Waals surface area contributed by atoms with Gasteiger partial charge < -0.3 is 9.84 Å². The molecular formula is C31H27BrCl2N2O7. The van der Waals surface area contributed by atoms with E-state index in [-0.39, 0.29) is 48.1 Å². The summed E-state index contributed by atoms with van der Waals surface area (Å²) in [5, 5.41) is 10.4. The number of imide groups is 2. The number of anilines is 1. The molecule has 2 saturated heterocycles. The number of rotatable bonds is 6. The Morgan fingerprint density at radius 3 is 2.37 bits per heavy atom. The molecule has 6 unspecified atom stereocenters. The Bertz CT molecular complexity index is 1630. The summed E-state index contributed by atoms with van der Waals surface area (Å²) in [7, 11) is 0. The van der Waals surface area contributed by atoms with Gasteiger partial charge in [-0.3, -0.25) is 33.8 Å². The lowest BCUT2D eigenvalue weighted by Crippen LogP contribution is -2.60. The summed E-state index contributed by atoms with van der Waals surface area (Å²) in [6.45, 7) is 3.45. The lowest BCUT2D eigenvalue weighted by Gasteiger charge is -2.50. The SMILES string of the molecule is CCOc1cc(C2C3=CCC4C(=O)N(c5ccc(C(C)=O)cc5)C(=O)C4C3CC3(Cl)C(=O)N(CBr)C(=O)C23Cl)ccc1O. The highest BCUT2D eigenvalue weighted by Gasteiger charge is 2.76. The van der Waals surface area contributed by atoms with E-state index in [1.807, 2.05) is 6.08 Å². The van der Waals surface area contributed by atoms with E-state index in [4.69, 9.17) is 27.9 Å². The first-order valence-electron chi connectivity index (χ1n) is 13.8. The third-order valence-electron chi connectivity index (χ3n) is 9.16. The Morgan fingerprint density at radius 1 is 1.05 bits per heavy atom. The Balaban J connectivity index is 1.49. The van der Waals surface area contributed by atoms with Crippen molar-refractivity contribution in [2.75, 3.05) is 17.0 Å². The molecule has 224 valence electrons. The molecule has 2 aliphatic heterocycles. The lowest BCUT2D eigenvalue weighted by molar-refractivity contribution is -0.138. The van der Waals surface area contributed by atoms with Crippen molar-refractivity contribution >= 4 is 74.2 Å². The van der Waals surface area contributed by atoms with Crippen molar-refractivity contribution in [3.05, 3.63) is 65.2 Å². The first-order valence-corrected chi connectivity index (χ1v) is 15.7. The van der Waals surface area contributed by atoms with Gasteiger partial charge in [0.05, 0.1) is 29.6 Å². The van der Waals surface area contributed by atoms with Crippen molar-refractivity contribution in [3.8, 4) is 11.5 Å². The molecule has 3 fully saturated rings. The number of phenolic OH excluding ortho intramolecular Hbond substituents is 1. The molecule has 6 rings (SSSR count). The van der Waals surface area contributed by atoms with Crippen LogP contribution in [-0.4, -0.2) is 61.2 Å². The first kappa shape index (κ1) is 29.8. The van der Waals surface area contributed by atoms with E-state index >= 15 is 0 Å². The molecule has 0 spiro atoms. The normalized spacial score (nSPS) is 31.5. The molecule has 43 heavy (non-hydrogen) atoms. The number of alkyl halides is 3. The van der Waals surface area contributed by atoms with Crippen LogP contribution < -0.4 is 9.64 Å². The zero-order chi connectivity index (χ0) is 31.0. The van der Waals surface area contributed by atoms with Crippen molar-refractivity contribution in [2.24, 2.45) is 17.8 Å². The standard InChI is InChI=1S/C31H27BrCl2N2O7/c1-3-43-23-12-17(6-11-22(23)38)25-19-9-10-20-24(21(19)13-30(33)28(41)35(14-32)29(42)31(25,30)34)27(40)36(26(20)39)18-7-4-16(5-8-18)15(2)37/h4-9,11-12,20-21,24-25,38H,3,10,13-14H2,1-2H3. The van der Waals surface area contributed by atoms with Gasteiger partial charge in [0.1, 0.15) is 0 Å². The van der Waals surface area contributed by atoms with Crippen LogP contribution in [0.5, 0.6) is 11.5 Å². The molecule has 1 saturated carbocycles. The molecule has 9 nitrogen and oxygen atoms in total. The summed E-state index contributed by atoms with van der Waals surface area (Å²) >= 11 is 17.7. The topological polar surface area (TPSA) is 121 Å².